The SMILES string of the molecule is COC(=O)CC1CN(Cc2nccn2C)CCO1. The summed E-state index contributed by atoms with van der Waals surface area (Å²) < 4.78 is 12.2. The maximum Gasteiger partial charge on any atom is 0.308 e. The Hall–Kier alpha value is -1.40. The quantitative estimate of drug-likeness (QED) is 0.717. The van der Waals surface area contributed by atoms with Gasteiger partial charge in [-0.05, 0) is 0 Å². The van der Waals surface area contributed by atoms with Crippen LogP contribution in [0.15, 0.2) is 12.4 Å². The summed E-state index contributed by atoms with van der Waals surface area (Å²) in [6.45, 7) is 3.03. The Kier molecular flexibility index (Phi) is 4.33. The van der Waals surface area contributed by atoms with Crippen molar-refractivity contribution < 1.29 is 14.3 Å². The molecule has 0 amide bonds. The largest absolute Gasteiger partial charge is 0.469 e. The van der Waals surface area contributed by atoms with Gasteiger partial charge in [-0.25, -0.2) is 4.98 Å². The third kappa shape index (κ3) is 3.30. The molecule has 1 aliphatic heterocycles. The maximum absolute atomic E-state index is 11.2. The molecule has 1 saturated heterocycles. The smallest absolute Gasteiger partial charge is 0.308 e. The van der Waals surface area contributed by atoms with E-state index in [-0.39, 0.29) is 12.1 Å². The summed E-state index contributed by atoms with van der Waals surface area (Å²) in [6.07, 6.45) is 3.96. The Labute approximate surface area is 106 Å². The van der Waals surface area contributed by atoms with E-state index in [9.17, 15) is 4.79 Å². The second-order valence-electron chi connectivity index (χ2n) is 4.46. The van der Waals surface area contributed by atoms with E-state index in [0.29, 0.717) is 13.0 Å². The second-order valence-corrected chi connectivity index (χ2v) is 4.46. The summed E-state index contributed by atoms with van der Waals surface area (Å²) >= 11 is 0. The number of carbonyl (C=O) groups is 1. The van der Waals surface area contributed by atoms with Crippen molar-refractivity contribution in [3.8, 4) is 0 Å². The van der Waals surface area contributed by atoms with Crippen LogP contribution < -0.4 is 0 Å². The van der Waals surface area contributed by atoms with Gasteiger partial charge in [-0.15, -0.1) is 0 Å². The first-order chi connectivity index (χ1) is 8.69. The molecule has 0 N–H and O–H groups in total. The highest BCUT2D eigenvalue weighted by molar-refractivity contribution is 5.69. The van der Waals surface area contributed by atoms with Gasteiger partial charge in [-0.2, -0.15) is 0 Å². The minimum atomic E-state index is -0.223. The van der Waals surface area contributed by atoms with Crippen molar-refractivity contribution in [2.75, 3.05) is 26.8 Å². The topological polar surface area (TPSA) is 56.6 Å². The van der Waals surface area contributed by atoms with E-state index in [2.05, 4.69) is 14.6 Å². The summed E-state index contributed by atoms with van der Waals surface area (Å²) in [6, 6.07) is 0. The van der Waals surface area contributed by atoms with Crippen LogP contribution in [0.2, 0.25) is 0 Å². The molecule has 6 heteroatoms. The van der Waals surface area contributed by atoms with Crippen molar-refractivity contribution in [3.05, 3.63) is 18.2 Å². The highest BCUT2D eigenvalue weighted by Crippen LogP contribution is 2.12. The van der Waals surface area contributed by atoms with Crippen LogP contribution in [0.5, 0.6) is 0 Å². The molecular formula is C12H19N3O3. The fourth-order valence-electron chi connectivity index (χ4n) is 2.07. The van der Waals surface area contributed by atoms with Gasteiger partial charge in [0.2, 0.25) is 0 Å². The Morgan fingerprint density at radius 3 is 3.17 bits per heavy atom. The van der Waals surface area contributed by atoms with Gasteiger partial charge in [0.1, 0.15) is 5.82 Å². The minimum Gasteiger partial charge on any atom is -0.469 e. The van der Waals surface area contributed by atoms with Crippen LogP contribution in [0.25, 0.3) is 0 Å². The van der Waals surface area contributed by atoms with Crippen molar-refractivity contribution in [2.45, 2.75) is 19.1 Å². The van der Waals surface area contributed by atoms with Crippen molar-refractivity contribution in [2.24, 2.45) is 7.05 Å². The van der Waals surface area contributed by atoms with Gasteiger partial charge in [-0.1, -0.05) is 0 Å². The summed E-state index contributed by atoms with van der Waals surface area (Å²) in [5.41, 5.74) is 0. The number of methoxy groups -OCH3 is 1. The van der Waals surface area contributed by atoms with E-state index in [1.165, 1.54) is 7.11 Å². The lowest BCUT2D eigenvalue weighted by Gasteiger charge is -2.32. The molecule has 0 saturated carbocycles. The zero-order chi connectivity index (χ0) is 13.0. The summed E-state index contributed by atoms with van der Waals surface area (Å²) in [7, 11) is 3.38. The molecule has 0 bridgehead atoms. The number of imidazole rings is 1. The van der Waals surface area contributed by atoms with Gasteiger partial charge in [0.25, 0.3) is 0 Å². The van der Waals surface area contributed by atoms with Crippen molar-refractivity contribution in [3.63, 3.8) is 0 Å². The molecule has 0 radical (unpaired) electrons. The summed E-state index contributed by atoms with van der Waals surface area (Å²) in [4.78, 5) is 17.8. The molecule has 1 fully saturated rings. The van der Waals surface area contributed by atoms with Crippen LogP contribution in [0.1, 0.15) is 12.2 Å². The van der Waals surface area contributed by atoms with E-state index in [4.69, 9.17) is 4.74 Å². The minimum absolute atomic E-state index is 0.0773. The molecule has 1 unspecified atom stereocenters. The average Bonchev–Trinajstić information content (AvgIpc) is 2.75. The number of ether oxygens (including phenoxy) is 2. The first-order valence-electron chi connectivity index (χ1n) is 6.06. The fraction of sp³-hybridized carbons (Fsp3) is 0.667. The molecule has 0 aliphatic carbocycles. The number of morpholine rings is 1. The second kappa shape index (κ2) is 5.97. The first-order valence-corrected chi connectivity index (χ1v) is 6.06. The van der Waals surface area contributed by atoms with Gasteiger partial charge >= 0.3 is 5.97 Å². The highest BCUT2D eigenvalue weighted by Gasteiger charge is 2.23. The van der Waals surface area contributed by atoms with E-state index >= 15 is 0 Å². The number of nitrogens with zero attached hydrogens (tertiary/aromatic N) is 3. The third-order valence-electron chi connectivity index (χ3n) is 3.13. The molecule has 18 heavy (non-hydrogen) atoms. The molecule has 1 atom stereocenters. The number of aromatic nitrogens is 2. The van der Waals surface area contributed by atoms with Crippen molar-refractivity contribution >= 4 is 5.97 Å². The highest BCUT2D eigenvalue weighted by atomic mass is 16.5. The number of aryl methyl sites for hydroxylation is 1. The van der Waals surface area contributed by atoms with Gasteiger partial charge in [0.15, 0.2) is 0 Å². The van der Waals surface area contributed by atoms with Crippen LogP contribution in [-0.4, -0.2) is 53.3 Å². The van der Waals surface area contributed by atoms with Crippen LogP contribution in [0, 0.1) is 0 Å². The summed E-state index contributed by atoms with van der Waals surface area (Å²) in [5, 5.41) is 0. The molecule has 0 aromatic carbocycles. The van der Waals surface area contributed by atoms with Gasteiger partial charge in [0.05, 0.1) is 32.8 Å². The maximum atomic E-state index is 11.2. The number of esters is 1. The van der Waals surface area contributed by atoms with Crippen LogP contribution in [0.3, 0.4) is 0 Å². The van der Waals surface area contributed by atoms with E-state index < -0.39 is 0 Å². The van der Waals surface area contributed by atoms with E-state index in [1.54, 1.807) is 6.20 Å². The zero-order valence-corrected chi connectivity index (χ0v) is 10.8. The molecule has 2 rings (SSSR count). The predicted octanol–water partition coefficient (Wildman–Crippen LogP) is 0.184. The molecule has 1 aromatic heterocycles. The lowest BCUT2D eigenvalue weighted by Crippen LogP contribution is -2.43. The lowest BCUT2D eigenvalue weighted by molar-refractivity contribution is -0.145. The van der Waals surface area contributed by atoms with Crippen LogP contribution in [-0.2, 0) is 27.9 Å². The lowest BCUT2D eigenvalue weighted by atomic mass is 10.2. The van der Waals surface area contributed by atoms with E-state index in [0.717, 1.165) is 25.5 Å². The number of hydrogen-bond acceptors (Lipinski definition) is 5. The average molecular weight is 253 g/mol. The Morgan fingerprint density at radius 2 is 2.50 bits per heavy atom. The molecule has 2 heterocycles. The standard InChI is InChI=1S/C12H19N3O3/c1-14-4-3-13-11(14)9-15-5-6-18-10(8-15)7-12(16)17-2/h3-4,10H,5-9H2,1-2H3. The third-order valence-corrected chi connectivity index (χ3v) is 3.13. The number of carbonyl (C=O) groups excluding carboxylic acids is 1. The Morgan fingerprint density at radius 1 is 1.67 bits per heavy atom. The predicted molar refractivity (Wildman–Crippen MR) is 64.9 cm³/mol. The van der Waals surface area contributed by atoms with Gasteiger partial charge in [-0.3, -0.25) is 9.69 Å². The van der Waals surface area contributed by atoms with Crippen LogP contribution >= 0.6 is 0 Å². The normalized spacial score (nSPS) is 20.9. The Bertz CT molecular complexity index is 405. The summed E-state index contributed by atoms with van der Waals surface area (Å²) in [5.74, 6) is 0.799. The molecule has 6 nitrogen and oxygen atoms in total. The van der Waals surface area contributed by atoms with Crippen LogP contribution in [0.4, 0.5) is 0 Å². The monoisotopic (exact) mass is 253 g/mol. The number of rotatable bonds is 4. The number of hydrogen-bond donors (Lipinski definition) is 0. The van der Waals surface area contributed by atoms with Gasteiger partial charge in [0, 0.05) is 32.5 Å². The molecule has 0 spiro atoms. The van der Waals surface area contributed by atoms with E-state index in [1.807, 2.05) is 17.8 Å². The van der Waals surface area contributed by atoms with Gasteiger partial charge < -0.3 is 14.0 Å². The first kappa shape index (κ1) is 13.0. The molecule has 1 aliphatic rings. The molecular weight excluding hydrogens is 234 g/mol. The fourth-order valence-corrected chi connectivity index (χ4v) is 2.07. The zero-order valence-electron chi connectivity index (χ0n) is 10.8. The Balaban J connectivity index is 1.87. The van der Waals surface area contributed by atoms with Crippen molar-refractivity contribution in [1.29, 1.82) is 0 Å². The van der Waals surface area contributed by atoms with Crippen molar-refractivity contribution in [1.82, 2.24) is 14.5 Å². The molecule has 100 valence electrons. The molecule has 1 aromatic rings.